The van der Waals surface area contributed by atoms with Crippen molar-refractivity contribution in [3.8, 4) is 5.75 Å². The molecule has 1 N–H and O–H groups in total. The molecule has 0 amide bonds. The number of hydrogen-bond donors (Lipinski definition) is 1. The molecule has 0 spiro atoms. The summed E-state index contributed by atoms with van der Waals surface area (Å²) in [6, 6.07) is 4.30. The van der Waals surface area contributed by atoms with Crippen molar-refractivity contribution in [2.24, 2.45) is 0 Å². The quantitative estimate of drug-likeness (QED) is 0.735. The van der Waals surface area contributed by atoms with Gasteiger partial charge in [-0.2, -0.15) is 0 Å². The minimum absolute atomic E-state index is 0.164. The molecule has 0 aliphatic heterocycles. The maximum Gasteiger partial charge on any atom is 0.127 e. The van der Waals surface area contributed by atoms with Crippen LogP contribution in [0.3, 0.4) is 0 Å². The zero-order valence-corrected chi connectivity index (χ0v) is 9.00. The fourth-order valence-electron chi connectivity index (χ4n) is 1.34. The van der Waals surface area contributed by atoms with Gasteiger partial charge in [-0.25, -0.2) is 4.39 Å². The van der Waals surface area contributed by atoms with E-state index >= 15 is 0 Å². The number of aliphatic hydroxyl groups is 1. The lowest BCUT2D eigenvalue weighted by Gasteiger charge is -2.07. The first kappa shape index (κ1) is 12.0. The summed E-state index contributed by atoms with van der Waals surface area (Å²) in [6.07, 6.45) is 3.22. The van der Waals surface area contributed by atoms with Crippen LogP contribution in [-0.2, 0) is 6.61 Å². The SMILES string of the molecule is CCCCCOc1cc(F)cc(CO)c1. The first-order valence-corrected chi connectivity index (χ1v) is 5.29. The van der Waals surface area contributed by atoms with Crippen molar-refractivity contribution in [2.45, 2.75) is 32.8 Å². The van der Waals surface area contributed by atoms with Crippen LogP contribution < -0.4 is 4.74 Å². The molecule has 3 heteroatoms. The zero-order chi connectivity index (χ0) is 11.1. The highest BCUT2D eigenvalue weighted by Gasteiger charge is 2.00. The molecule has 0 aliphatic carbocycles. The average molecular weight is 212 g/mol. The highest BCUT2D eigenvalue weighted by Crippen LogP contribution is 2.16. The third-order valence-electron chi connectivity index (χ3n) is 2.13. The van der Waals surface area contributed by atoms with Gasteiger partial charge in [0.05, 0.1) is 13.2 Å². The molecule has 0 aliphatic rings. The Labute approximate surface area is 89.7 Å². The van der Waals surface area contributed by atoms with Crippen LogP contribution in [0.2, 0.25) is 0 Å². The highest BCUT2D eigenvalue weighted by molar-refractivity contribution is 5.29. The van der Waals surface area contributed by atoms with Gasteiger partial charge in [0.25, 0.3) is 0 Å². The van der Waals surface area contributed by atoms with Crippen LogP contribution in [0, 0.1) is 5.82 Å². The van der Waals surface area contributed by atoms with E-state index in [9.17, 15) is 4.39 Å². The van der Waals surface area contributed by atoms with Crippen molar-refractivity contribution in [2.75, 3.05) is 6.61 Å². The molecule has 1 aromatic rings. The van der Waals surface area contributed by atoms with Crippen LogP contribution in [0.4, 0.5) is 4.39 Å². The molecule has 0 saturated carbocycles. The molecule has 84 valence electrons. The van der Waals surface area contributed by atoms with E-state index in [1.54, 1.807) is 6.07 Å². The van der Waals surface area contributed by atoms with Gasteiger partial charge in [0.1, 0.15) is 11.6 Å². The fraction of sp³-hybridized carbons (Fsp3) is 0.500. The van der Waals surface area contributed by atoms with E-state index < -0.39 is 0 Å². The molecule has 0 saturated heterocycles. The van der Waals surface area contributed by atoms with Gasteiger partial charge >= 0.3 is 0 Å². The number of ether oxygens (including phenoxy) is 1. The van der Waals surface area contributed by atoms with E-state index in [-0.39, 0.29) is 12.4 Å². The minimum atomic E-state index is -0.368. The third kappa shape index (κ3) is 4.30. The lowest BCUT2D eigenvalue weighted by Crippen LogP contribution is -1.98. The minimum Gasteiger partial charge on any atom is -0.493 e. The van der Waals surface area contributed by atoms with E-state index in [1.807, 2.05) is 0 Å². The maximum absolute atomic E-state index is 13.0. The lowest BCUT2D eigenvalue weighted by atomic mass is 10.2. The number of unbranched alkanes of at least 4 members (excludes halogenated alkanes) is 2. The smallest absolute Gasteiger partial charge is 0.127 e. The summed E-state index contributed by atoms with van der Waals surface area (Å²) in [7, 11) is 0. The predicted molar refractivity (Wildman–Crippen MR) is 57.3 cm³/mol. The van der Waals surface area contributed by atoms with Crippen molar-refractivity contribution in [1.29, 1.82) is 0 Å². The zero-order valence-electron chi connectivity index (χ0n) is 9.00. The van der Waals surface area contributed by atoms with Crippen LogP contribution in [0.25, 0.3) is 0 Å². The van der Waals surface area contributed by atoms with Crippen LogP contribution in [-0.4, -0.2) is 11.7 Å². The van der Waals surface area contributed by atoms with Crippen molar-refractivity contribution in [3.63, 3.8) is 0 Å². The molecule has 0 fully saturated rings. The van der Waals surface area contributed by atoms with E-state index in [1.165, 1.54) is 12.1 Å². The Hall–Kier alpha value is -1.09. The molecule has 2 nitrogen and oxygen atoms in total. The normalized spacial score (nSPS) is 10.3. The van der Waals surface area contributed by atoms with Crippen molar-refractivity contribution >= 4 is 0 Å². The van der Waals surface area contributed by atoms with Crippen LogP contribution in [0.15, 0.2) is 18.2 Å². The lowest BCUT2D eigenvalue weighted by molar-refractivity contribution is 0.277. The van der Waals surface area contributed by atoms with Gasteiger partial charge in [-0.1, -0.05) is 19.8 Å². The average Bonchev–Trinajstić information content (AvgIpc) is 2.23. The Bertz CT molecular complexity index is 300. The Morgan fingerprint density at radius 2 is 2.07 bits per heavy atom. The fourth-order valence-corrected chi connectivity index (χ4v) is 1.34. The summed E-state index contributed by atoms with van der Waals surface area (Å²) >= 11 is 0. The second-order valence-corrected chi connectivity index (χ2v) is 3.51. The van der Waals surface area contributed by atoms with E-state index in [0.29, 0.717) is 17.9 Å². The Morgan fingerprint density at radius 1 is 1.27 bits per heavy atom. The first-order valence-electron chi connectivity index (χ1n) is 5.29. The van der Waals surface area contributed by atoms with E-state index in [0.717, 1.165) is 19.3 Å². The highest BCUT2D eigenvalue weighted by atomic mass is 19.1. The number of aliphatic hydroxyl groups excluding tert-OH is 1. The second kappa shape index (κ2) is 6.40. The van der Waals surface area contributed by atoms with Gasteiger partial charge in [0.15, 0.2) is 0 Å². The monoisotopic (exact) mass is 212 g/mol. The topological polar surface area (TPSA) is 29.5 Å². The van der Waals surface area contributed by atoms with Crippen LogP contribution in [0.1, 0.15) is 31.7 Å². The summed E-state index contributed by atoms with van der Waals surface area (Å²) in [6.45, 7) is 2.55. The largest absolute Gasteiger partial charge is 0.493 e. The van der Waals surface area contributed by atoms with Gasteiger partial charge in [-0.05, 0) is 24.1 Å². The molecular weight excluding hydrogens is 195 g/mol. The molecular formula is C12H17FO2. The van der Waals surface area contributed by atoms with Gasteiger partial charge in [-0.15, -0.1) is 0 Å². The summed E-state index contributed by atoms with van der Waals surface area (Å²) in [5.41, 5.74) is 0.542. The van der Waals surface area contributed by atoms with Crippen molar-refractivity contribution < 1.29 is 14.2 Å². The van der Waals surface area contributed by atoms with Gasteiger partial charge in [-0.3, -0.25) is 0 Å². The standard InChI is InChI=1S/C12H17FO2/c1-2-3-4-5-15-12-7-10(9-14)6-11(13)8-12/h6-8,14H,2-5,9H2,1H3. The molecule has 1 rings (SSSR count). The summed E-state index contributed by atoms with van der Waals surface area (Å²) in [4.78, 5) is 0. The van der Waals surface area contributed by atoms with Gasteiger partial charge in [0.2, 0.25) is 0 Å². The number of rotatable bonds is 6. The van der Waals surface area contributed by atoms with Crippen molar-refractivity contribution in [3.05, 3.63) is 29.6 Å². The number of benzene rings is 1. The molecule has 0 radical (unpaired) electrons. The number of halogens is 1. The summed E-state index contributed by atoms with van der Waals surface area (Å²) in [5.74, 6) is 0.127. The molecule has 1 aromatic carbocycles. The second-order valence-electron chi connectivity index (χ2n) is 3.51. The summed E-state index contributed by atoms with van der Waals surface area (Å²) in [5, 5.41) is 8.87. The van der Waals surface area contributed by atoms with Gasteiger partial charge in [0, 0.05) is 6.07 Å². The van der Waals surface area contributed by atoms with Crippen LogP contribution in [0.5, 0.6) is 5.75 Å². The van der Waals surface area contributed by atoms with Gasteiger partial charge < -0.3 is 9.84 Å². The summed E-state index contributed by atoms with van der Waals surface area (Å²) < 4.78 is 18.4. The van der Waals surface area contributed by atoms with E-state index in [4.69, 9.17) is 9.84 Å². The molecule has 0 unspecified atom stereocenters. The Morgan fingerprint density at radius 3 is 2.73 bits per heavy atom. The van der Waals surface area contributed by atoms with Crippen LogP contribution >= 0.6 is 0 Å². The Balaban J connectivity index is 2.49. The molecule has 0 aromatic heterocycles. The molecule has 0 atom stereocenters. The predicted octanol–water partition coefficient (Wildman–Crippen LogP) is 2.89. The Kier molecular flexibility index (Phi) is 5.12. The molecule has 0 heterocycles. The maximum atomic E-state index is 13.0. The van der Waals surface area contributed by atoms with Crippen molar-refractivity contribution in [1.82, 2.24) is 0 Å². The third-order valence-corrected chi connectivity index (χ3v) is 2.13. The molecule has 0 bridgehead atoms. The number of hydrogen-bond acceptors (Lipinski definition) is 2. The first-order chi connectivity index (χ1) is 7.26. The molecule has 15 heavy (non-hydrogen) atoms. The van der Waals surface area contributed by atoms with E-state index in [2.05, 4.69) is 6.92 Å².